The van der Waals surface area contributed by atoms with Crippen molar-refractivity contribution in [1.29, 1.82) is 0 Å². The number of thioether (sulfide) groups is 1. The Balaban J connectivity index is 1.29. The van der Waals surface area contributed by atoms with Crippen molar-refractivity contribution in [2.45, 2.75) is 57.2 Å². The van der Waals surface area contributed by atoms with Gasteiger partial charge in [-0.15, -0.1) is 23.1 Å². The molecule has 1 aliphatic heterocycles. The summed E-state index contributed by atoms with van der Waals surface area (Å²) in [4.78, 5) is 23.8. The molecular formula is C36H40F3N3O4S2. The van der Waals surface area contributed by atoms with Gasteiger partial charge in [0.05, 0.1) is 24.5 Å². The van der Waals surface area contributed by atoms with Crippen LogP contribution in [0.3, 0.4) is 0 Å². The minimum absolute atomic E-state index is 0.293. The summed E-state index contributed by atoms with van der Waals surface area (Å²) in [7, 11) is 0. The zero-order chi connectivity index (χ0) is 34.3. The van der Waals surface area contributed by atoms with Gasteiger partial charge in [-0.2, -0.15) is 13.2 Å². The second-order valence-electron chi connectivity index (χ2n) is 11.4. The van der Waals surface area contributed by atoms with Crippen LogP contribution in [0.15, 0.2) is 71.6 Å². The van der Waals surface area contributed by atoms with Crippen LogP contribution < -0.4 is 14.4 Å². The molecule has 48 heavy (non-hydrogen) atoms. The van der Waals surface area contributed by atoms with E-state index in [4.69, 9.17) is 19.2 Å². The topological polar surface area (TPSA) is 64.1 Å². The van der Waals surface area contributed by atoms with E-state index in [0.29, 0.717) is 41.8 Å². The quantitative estimate of drug-likeness (QED) is 0.102. The number of aromatic nitrogens is 1. The summed E-state index contributed by atoms with van der Waals surface area (Å²) in [5.74, 6) is 1.72. The molecule has 0 N–H and O–H groups in total. The number of thiazole rings is 1. The first-order valence-electron chi connectivity index (χ1n) is 16.0. The highest BCUT2D eigenvalue weighted by molar-refractivity contribution is 7.98. The monoisotopic (exact) mass is 699 g/mol. The lowest BCUT2D eigenvalue weighted by atomic mass is 10.1. The van der Waals surface area contributed by atoms with Gasteiger partial charge in [-0.3, -0.25) is 4.90 Å². The van der Waals surface area contributed by atoms with E-state index < -0.39 is 23.8 Å². The standard InChI is InChI=1S/C36H40F3N3O4S2/c1-5-44-29-13-11-28(12-14-29)42-19-17-41(18-20-42)22-31-33(48-34(40-31)26-7-9-27(10-8-26)36(37,38)39)23-47-30-15-16-32(24(3)21-30)46-25(4)35(43)45-6-2/h7-16,21,25H,5-6,17-20,22-23H2,1-4H3. The van der Waals surface area contributed by atoms with E-state index in [1.54, 1.807) is 25.6 Å². The van der Waals surface area contributed by atoms with Crippen molar-refractivity contribution >= 4 is 34.8 Å². The van der Waals surface area contributed by atoms with E-state index in [2.05, 4.69) is 21.9 Å². The molecule has 7 nitrogen and oxygen atoms in total. The molecule has 4 aromatic rings. The predicted molar refractivity (Wildman–Crippen MR) is 185 cm³/mol. The smallest absolute Gasteiger partial charge is 0.416 e. The van der Waals surface area contributed by atoms with Crippen LogP contribution in [0.25, 0.3) is 10.6 Å². The van der Waals surface area contributed by atoms with Crippen molar-refractivity contribution in [1.82, 2.24) is 9.88 Å². The number of halogens is 3. The van der Waals surface area contributed by atoms with Crippen molar-refractivity contribution in [3.63, 3.8) is 0 Å². The molecule has 3 aromatic carbocycles. The van der Waals surface area contributed by atoms with Gasteiger partial charge >= 0.3 is 12.1 Å². The van der Waals surface area contributed by atoms with Crippen LogP contribution in [-0.4, -0.2) is 61.3 Å². The summed E-state index contributed by atoms with van der Waals surface area (Å²) >= 11 is 3.18. The average molecular weight is 700 g/mol. The Morgan fingerprint density at radius 1 is 0.979 bits per heavy atom. The van der Waals surface area contributed by atoms with Crippen LogP contribution >= 0.6 is 23.1 Å². The third kappa shape index (κ3) is 9.24. The zero-order valence-corrected chi connectivity index (χ0v) is 29.1. The van der Waals surface area contributed by atoms with Gasteiger partial charge < -0.3 is 19.1 Å². The van der Waals surface area contributed by atoms with Crippen molar-refractivity contribution in [3.8, 4) is 22.1 Å². The zero-order valence-electron chi connectivity index (χ0n) is 27.5. The molecule has 1 atom stereocenters. The van der Waals surface area contributed by atoms with Crippen LogP contribution in [0.4, 0.5) is 18.9 Å². The number of nitrogens with zero attached hydrogens (tertiary/aromatic N) is 3. The molecule has 0 saturated carbocycles. The molecule has 1 aliphatic rings. The number of carbonyl (C=O) groups is 1. The molecule has 2 heterocycles. The summed E-state index contributed by atoms with van der Waals surface area (Å²) in [6, 6.07) is 19.2. The van der Waals surface area contributed by atoms with Gasteiger partial charge in [0.2, 0.25) is 0 Å². The summed E-state index contributed by atoms with van der Waals surface area (Å²) in [6.45, 7) is 12.4. The second-order valence-corrected chi connectivity index (χ2v) is 13.5. The molecule has 1 saturated heterocycles. The largest absolute Gasteiger partial charge is 0.494 e. The first-order chi connectivity index (χ1) is 23.0. The number of benzene rings is 3. The maximum absolute atomic E-state index is 13.2. The van der Waals surface area contributed by atoms with Gasteiger partial charge in [0, 0.05) is 59.5 Å². The average Bonchev–Trinajstić information content (AvgIpc) is 3.48. The van der Waals surface area contributed by atoms with Gasteiger partial charge in [0.15, 0.2) is 6.10 Å². The van der Waals surface area contributed by atoms with Crippen molar-refractivity contribution < 1.29 is 32.2 Å². The van der Waals surface area contributed by atoms with Gasteiger partial charge in [0.1, 0.15) is 16.5 Å². The molecule has 1 unspecified atom stereocenters. The molecule has 0 spiro atoms. The molecule has 12 heteroatoms. The lowest BCUT2D eigenvalue weighted by molar-refractivity contribution is -0.150. The van der Waals surface area contributed by atoms with Crippen LogP contribution in [0.1, 0.15) is 42.5 Å². The first-order valence-corrected chi connectivity index (χ1v) is 17.8. The van der Waals surface area contributed by atoms with Gasteiger partial charge in [-0.1, -0.05) is 12.1 Å². The number of carbonyl (C=O) groups excluding carboxylic acids is 1. The Bertz CT molecular complexity index is 1650. The lowest BCUT2D eigenvalue weighted by Gasteiger charge is -2.36. The Labute approximate surface area is 288 Å². The van der Waals surface area contributed by atoms with Crippen molar-refractivity contribution in [2.75, 3.05) is 44.3 Å². The van der Waals surface area contributed by atoms with Crippen LogP contribution in [0.2, 0.25) is 0 Å². The Hall–Kier alpha value is -3.74. The van der Waals surface area contributed by atoms with E-state index >= 15 is 0 Å². The number of anilines is 1. The highest BCUT2D eigenvalue weighted by Crippen LogP contribution is 2.37. The normalized spacial score (nSPS) is 14.5. The van der Waals surface area contributed by atoms with Crippen molar-refractivity contribution in [2.24, 2.45) is 0 Å². The summed E-state index contributed by atoms with van der Waals surface area (Å²) < 4.78 is 56.1. The molecule has 0 radical (unpaired) electrons. The lowest BCUT2D eigenvalue weighted by Crippen LogP contribution is -2.46. The molecule has 5 rings (SSSR count). The third-order valence-corrected chi connectivity index (χ3v) is 10.3. The Kier molecular flexibility index (Phi) is 11.9. The van der Waals surface area contributed by atoms with Gasteiger partial charge in [0.25, 0.3) is 0 Å². The molecule has 1 aromatic heterocycles. The number of ether oxygens (including phenoxy) is 3. The molecule has 0 bridgehead atoms. The fraction of sp³-hybridized carbons (Fsp3) is 0.389. The maximum atomic E-state index is 13.2. The fourth-order valence-electron chi connectivity index (χ4n) is 5.33. The number of alkyl halides is 3. The van der Waals surface area contributed by atoms with E-state index in [0.717, 1.165) is 70.8 Å². The Morgan fingerprint density at radius 3 is 2.31 bits per heavy atom. The molecule has 256 valence electrons. The van der Waals surface area contributed by atoms with Gasteiger partial charge in [-0.05, 0) is 87.9 Å². The van der Waals surface area contributed by atoms with Crippen LogP contribution in [-0.2, 0) is 28.0 Å². The van der Waals surface area contributed by atoms with E-state index in [1.807, 2.05) is 44.2 Å². The second kappa shape index (κ2) is 16.1. The van der Waals surface area contributed by atoms with Crippen molar-refractivity contribution in [3.05, 3.63) is 88.4 Å². The third-order valence-electron chi connectivity index (χ3n) is 7.93. The number of hydrogen-bond donors (Lipinski definition) is 0. The number of hydrogen-bond acceptors (Lipinski definition) is 9. The Morgan fingerprint density at radius 2 is 1.69 bits per heavy atom. The number of piperazine rings is 1. The highest BCUT2D eigenvalue weighted by Gasteiger charge is 2.30. The highest BCUT2D eigenvalue weighted by atomic mass is 32.2. The SMILES string of the molecule is CCOC(=O)C(C)Oc1ccc(SCc2sc(-c3ccc(C(F)(F)F)cc3)nc2CN2CCN(c3ccc(OCC)cc3)CC2)cc1C. The predicted octanol–water partition coefficient (Wildman–Crippen LogP) is 8.48. The van der Waals surface area contributed by atoms with Crippen LogP contribution in [0, 0.1) is 6.92 Å². The number of aryl methyl sites for hydroxylation is 1. The molecule has 0 aliphatic carbocycles. The minimum Gasteiger partial charge on any atom is -0.494 e. The minimum atomic E-state index is -4.39. The summed E-state index contributed by atoms with van der Waals surface area (Å²) in [5.41, 5.74) is 2.99. The van der Waals surface area contributed by atoms with E-state index in [1.165, 1.54) is 23.5 Å². The van der Waals surface area contributed by atoms with Crippen LogP contribution in [0.5, 0.6) is 11.5 Å². The van der Waals surface area contributed by atoms with E-state index in [9.17, 15) is 18.0 Å². The molecule has 0 amide bonds. The van der Waals surface area contributed by atoms with E-state index in [-0.39, 0.29) is 0 Å². The maximum Gasteiger partial charge on any atom is 0.416 e. The van der Waals surface area contributed by atoms with Gasteiger partial charge in [-0.25, -0.2) is 9.78 Å². The fourth-order valence-corrected chi connectivity index (χ4v) is 7.50. The molecular weight excluding hydrogens is 660 g/mol. The summed E-state index contributed by atoms with van der Waals surface area (Å²) in [6.07, 6.45) is -5.11. The molecule has 1 fully saturated rings. The summed E-state index contributed by atoms with van der Waals surface area (Å²) in [5, 5.41) is 0.704. The number of esters is 1. The number of rotatable bonds is 13. The first kappa shape index (κ1) is 35.6.